The SMILES string of the molecule is CON(C(=O)c1cn(C)nc1C(F)F)C(C)C(C)Oc1c(C)cc2cc(C)ccc2c1C. The molecule has 0 N–H and O–H groups in total. The smallest absolute Gasteiger partial charge is 0.282 e. The van der Waals surface area contributed by atoms with E-state index in [9.17, 15) is 13.6 Å². The van der Waals surface area contributed by atoms with Crippen molar-refractivity contribution < 1.29 is 23.1 Å². The number of halogens is 2. The van der Waals surface area contributed by atoms with Crippen LogP contribution in [0.25, 0.3) is 10.8 Å². The van der Waals surface area contributed by atoms with E-state index in [1.54, 1.807) is 6.92 Å². The topological polar surface area (TPSA) is 56.6 Å². The third-order valence-electron chi connectivity index (χ3n) is 5.73. The van der Waals surface area contributed by atoms with Gasteiger partial charge in [-0.3, -0.25) is 14.3 Å². The number of aromatic nitrogens is 2. The molecule has 3 rings (SSSR count). The molecule has 0 saturated carbocycles. The Morgan fingerprint density at radius 3 is 2.47 bits per heavy atom. The fourth-order valence-electron chi connectivity index (χ4n) is 3.90. The largest absolute Gasteiger partial charge is 0.488 e. The Balaban J connectivity index is 1.88. The zero-order chi connectivity index (χ0) is 23.7. The molecule has 172 valence electrons. The van der Waals surface area contributed by atoms with E-state index in [2.05, 4.69) is 36.3 Å². The summed E-state index contributed by atoms with van der Waals surface area (Å²) < 4.78 is 34.2. The van der Waals surface area contributed by atoms with Crippen molar-refractivity contribution in [2.75, 3.05) is 7.11 Å². The van der Waals surface area contributed by atoms with E-state index in [-0.39, 0.29) is 5.56 Å². The first-order chi connectivity index (χ1) is 15.0. The van der Waals surface area contributed by atoms with Crippen molar-refractivity contribution in [1.29, 1.82) is 0 Å². The van der Waals surface area contributed by atoms with Crippen molar-refractivity contribution in [2.45, 2.75) is 53.2 Å². The van der Waals surface area contributed by atoms with Gasteiger partial charge in [-0.1, -0.05) is 23.8 Å². The second-order valence-electron chi connectivity index (χ2n) is 8.15. The summed E-state index contributed by atoms with van der Waals surface area (Å²) in [5.41, 5.74) is 2.39. The molecule has 2 atom stereocenters. The van der Waals surface area contributed by atoms with Gasteiger partial charge in [0.05, 0.1) is 18.7 Å². The van der Waals surface area contributed by atoms with Crippen LogP contribution in [0.2, 0.25) is 0 Å². The summed E-state index contributed by atoms with van der Waals surface area (Å²) >= 11 is 0. The molecule has 1 amide bonds. The number of benzene rings is 2. The van der Waals surface area contributed by atoms with Crippen LogP contribution < -0.4 is 4.74 Å². The molecule has 8 heteroatoms. The fraction of sp³-hybridized carbons (Fsp3) is 0.417. The second-order valence-corrected chi connectivity index (χ2v) is 8.15. The molecule has 1 heterocycles. The van der Waals surface area contributed by atoms with Crippen LogP contribution >= 0.6 is 0 Å². The van der Waals surface area contributed by atoms with Gasteiger partial charge in [-0.25, -0.2) is 13.8 Å². The number of carbonyl (C=O) groups excluding carboxylic acids is 1. The van der Waals surface area contributed by atoms with Crippen LogP contribution in [0.4, 0.5) is 8.78 Å². The summed E-state index contributed by atoms with van der Waals surface area (Å²) in [6, 6.07) is 7.77. The van der Waals surface area contributed by atoms with Gasteiger partial charge in [-0.15, -0.1) is 0 Å². The Morgan fingerprint density at radius 2 is 1.84 bits per heavy atom. The van der Waals surface area contributed by atoms with Crippen molar-refractivity contribution in [1.82, 2.24) is 14.8 Å². The van der Waals surface area contributed by atoms with E-state index in [0.29, 0.717) is 0 Å². The maximum absolute atomic E-state index is 13.3. The molecule has 0 bridgehead atoms. The molecule has 0 aliphatic rings. The summed E-state index contributed by atoms with van der Waals surface area (Å²) in [5.74, 6) is 0.0418. The van der Waals surface area contributed by atoms with Crippen LogP contribution in [-0.2, 0) is 11.9 Å². The number of fused-ring (bicyclic) bond motifs is 1. The minimum absolute atomic E-state index is 0.197. The number of carbonyl (C=O) groups is 1. The predicted octanol–water partition coefficient (Wildman–Crippen LogP) is 5.30. The highest BCUT2D eigenvalue weighted by Crippen LogP contribution is 2.33. The third kappa shape index (κ3) is 4.46. The quantitative estimate of drug-likeness (QED) is 0.464. The Bertz CT molecular complexity index is 1140. The Labute approximate surface area is 186 Å². The monoisotopic (exact) mass is 445 g/mol. The van der Waals surface area contributed by atoms with E-state index >= 15 is 0 Å². The normalized spacial score (nSPS) is 13.4. The van der Waals surface area contributed by atoms with Crippen molar-refractivity contribution in [3.8, 4) is 5.75 Å². The summed E-state index contributed by atoms with van der Waals surface area (Å²) in [6.07, 6.45) is -2.08. The number of hydroxylamine groups is 2. The number of hydrogen-bond acceptors (Lipinski definition) is 4. The molecule has 0 saturated heterocycles. The Hall–Kier alpha value is -3.00. The van der Waals surface area contributed by atoms with Crippen molar-refractivity contribution >= 4 is 16.7 Å². The average Bonchev–Trinajstić information content (AvgIpc) is 3.13. The van der Waals surface area contributed by atoms with Gasteiger partial charge in [-0.05, 0) is 62.6 Å². The molecule has 0 radical (unpaired) electrons. The lowest BCUT2D eigenvalue weighted by molar-refractivity contribution is -0.137. The molecule has 6 nitrogen and oxygen atoms in total. The number of amides is 1. The lowest BCUT2D eigenvalue weighted by Gasteiger charge is -2.32. The average molecular weight is 446 g/mol. The van der Waals surface area contributed by atoms with Crippen LogP contribution in [0.5, 0.6) is 5.75 Å². The van der Waals surface area contributed by atoms with E-state index in [0.717, 1.165) is 32.7 Å². The van der Waals surface area contributed by atoms with Gasteiger partial charge in [0, 0.05) is 13.2 Å². The van der Waals surface area contributed by atoms with Crippen LogP contribution in [0.1, 0.15) is 53.0 Å². The second kappa shape index (κ2) is 9.24. The number of aryl methyl sites for hydroxylation is 4. The highest BCUT2D eigenvalue weighted by molar-refractivity contribution is 5.94. The van der Waals surface area contributed by atoms with Crippen molar-refractivity contribution in [3.63, 3.8) is 0 Å². The molecule has 3 aromatic rings. The number of ether oxygens (including phenoxy) is 1. The lowest BCUT2D eigenvalue weighted by atomic mass is 9.99. The molecule has 2 unspecified atom stereocenters. The first-order valence-corrected chi connectivity index (χ1v) is 10.4. The van der Waals surface area contributed by atoms with Crippen molar-refractivity contribution in [3.05, 3.63) is 58.4 Å². The number of rotatable bonds is 7. The fourth-order valence-corrected chi connectivity index (χ4v) is 3.90. The summed E-state index contributed by atoms with van der Waals surface area (Å²) in [4.78, 5) is 18.3. The molecule has 0 aliphatic carbocycles. The summed E-state index contributed by atoms with van der Waals surface area (Å²) in [6.45, 7) is 9.60. The Kier molecular flexibility index (Phi) is 6.83. The number of nitrogens with zero attached hydrogens (tertiary/aromatic N) is 3. The van der Waals surface area contributed by atoms with Gasteiger partial charge in [0.25, 0.3) is 12.3 Å². The van der Waals surface area contributed by atoms with Crippen LogP contribution in [0.15, 0.2) is 30.5 Å². The van der Waals surface area contributed by atoms with E-state index < -0.39 is 30.2 Å². The minimum Gasteiger partial charge on any atom is -0.488 e. The lowest BCUT2D eigenvalue weighted by Crippen LogP contribution is -2.45. The zero-order valence-electron chi connectivity index (χ0n) is 19.4. The van der Waals surface area contributed by atoms with Gasteiger partial charge < -0.3 is 4.74 Å². The molecular formula is C24H29F2N3O3. The zero-order valence-corrected chi connectivity index (χ0v) is 19.4. The summed E-state index contributed by atoms with van der Waals surface area (Å²) in [7, 11) is 2.82. The van der Waals surface area contributed by atoms with E-state index in [4.69, 9.17) is 9.57 Å². The molecule has 0 fully saturated rings. The van der Waals surface area contributed by atoms with Gasteiger partial charge in [0.2, 0.25) is 0 Å². The van der Waals surface area contributed by atoms with E-state index in [1.165, 1.54) is 30.6 Å². The van der Waals surface area contributed by atoms with Gasteiger partial charge in [0.1, 0.15) is 17.5 Å². The maximum atomic E-state index is 13.3. The van der Waals surface area contributed by atoms with Gasteiger partial charge >= 0.3 is 0 Å². The van der Waals surface area contributed by atoms with Crippen LogP contribution in [0.3, 0.4) is 0 Å². The van der Waals surface area contributed by atoms with E-state index in [1.807, 2.05) is 20.8 Å². The molecule has 2 aromatic carbocycles. The van der Waals surface area contributed by atoms with Crippen molar-refractivity contribution in [2.24, 2.45) is 7.05 Å². The molecule has 0 spiro atoms. The highest BCUT2D eigenvalue weighted by atomic mass is 19.3. The molecule has 0 aliphatic heterocycles. The maximum Gasteiger partial charge on any atom is 0.282 e. The summed E-state index contributed by atoms with van der Waals surface area (Å²) in [5, 5.41) is 7.00. The first-order valence-electron chi connectivity index (χ1n) is 10.4. The van der Waals surface area contributed by atoms with Crippen LogP contribution in [-0.4, -0.2) is 40.0 Å². The molecule has 1 aromatic heterocycles. The van der Waals surface area contributed by atoms with Gasteiger partial charge in [0.15, 0.2) is 0 Å². The van der Waals surface area contributed by atoms with Gasteiger partial charge in [-0.2, -0.15) is 5.10 Å². The number of hydrogen-bond donors (Lipinski definition) is 0. The number of alkyl halides is 2. The highest BCUT2D eigenvalue weighted by Gasteiger charge is 2.32. The standard InChI is InChI=1S/C24H29F2N3O3/c1-13-8-9-19-15(3)22(14(2)11-18(19)10-13)32-17(5)16(4)29(31-7)24(30)20-12-28(6)27-21(20)23(25)26/h8-12,16-17,23H,1-7H3. The first kappa shape index (κ1) is 23.7. The molecular weight excluding hydrogens is 416 g/mol. The third-order valence-corrected chi connectivity index (χ3v) is 5.73. The minimum atomic E-state index is -2.87. The Morgan fingerprint density at radius 1 is 1.16 bits per heavy atom. The molecule has 32 heavy (non-hydrogen) atoms. The predicted molar refractivity (Wildman–Crippen MR) is 119 cm³/mol. The van der Waals surface area contributed by atoms with Crippen LogP contribution in [0, 0.1) is 20.8 Å².